The summed E-state index contributed by atoms with van der Waals surface area (Å²) in [5.74, 6) is 1.24. The van der Waals surface area contributed by atoms with Crippen molar-refractivity contribution >= 4 is 32.2 Å². The molecule has 1 aromatic carbocycles. The maximum atomic E-state index is 11.7. The highest BCUT2D eigenvalue weighted by molar-refractivity contribution is 7.91. The quantitative estimate of drug-likeness (QED) is 0.753. The zero-order valence-corrected chi connectivity index (χ0v) is 18.7. The molecule has 0 unspecified atom stereocenters. The lowest BCUT2D eigenvalue weighted by atomic mass is 9.96. The van der Waals surface area contributed by atoms with Crippen LogP contribution in [0.3, 0.4) is 0 Å². The van der Waals surface area contributed by atoms with E-state index in [1.165, 1.54) is 18.5 Å². The van der Waals surface area contributed by atoms with Crippen molar-refractivity contribution < 1.29 is 13.5 Å². The summed E-state index contributed by atoms with van der Waals surface area (Å²) in [5, 5.41) is 12.0. The molecule has 0 aliphatic carbocycles. The van der Waals surface area contributed by atoms with Crippen molar-refractivity contribution in [3.63, 3.8) is 0 Å². The number of sulfone groups is 1. The first kappa shape index (κ1) is 20.9. The third-order valence-corrected chi connectivity index (χ3v) is 8.67. The molecule has 0 radical (unpaired) electrons. The van der Waals surface area contributed by atoms with Crippen LogP contribution in [0, 0.1) is 0 Å². The van der Waals surface area contributed by atoms with E-state index in [0.717, 1.165) is 56.0 Å². The monoisotopic (exact) mass is 445 g/mol. The van der Waals surface area contributed by atoms with Crippen LogP contribution in [0.4, 0.5) is 11.5 Å². The summed E-state index contributed by atoms with van der Waals surface area (Å²) >= 11 is 0. The minimum atomic E-state index is -2.97. The summed E-state index contributed by atoms with van der Waals surface area (Å²) in [6.07, 6.45) is 4.78. The molecule has 8 nitrogen and oxygen atoms in total. The molecule has 4 heterocycles. The van der Waals surface area contributed by atoms with Crippen LogP contribution in [0.1, 0.15) is 25.7 Å². The molecule has 0 spiro atoms. The predicted molar refractivity (Wildman–Crippen MR) is 122 cm³/mol. The van der Waals surface area contributed by atoms with Crippen molar-refractivity contribution in [3.05, 3.63) is 24.5 Å². The first-order valence-electron chi connectivity index (χ1n) is 11.3. The predicted octanol–water partition coefficient (Wildman–Crippen LogP) is 1.29. The second kappa shape index (κ2) is 8.18. The molecule has 0 bridgehead atoms. The largest absolute Gasteiger partial charge is 0.388 e. The van der Waals surface area contributed by atoms with Crippen molar-refractivity contribution in [1.29, 1.82) is 0 Å². The number of aromatic nitrogens is 2. The lowest BCUT2D eigenvalue weighted by Gasteiger charge is -2.41. The first-order valence-corrected chi connectivity index (χ1v) is 13.1. The molecular weight excluding hydrogens is 414 g/mol. The number of fused-ring (bicyclic) bond motifs is 1. The van der Waals surface area contributed by atoms with E-state index in [9.17, 15) is 13.5 Å². The van der Waals surface area contributed by atoms with Gasteiger partial charge in [-0.05, 0) is 43.9 Å². The summed E-state index contributed by atoms with van der Waals surface area (Å²) in [7, 11) is -2.97. The first-order chi connectivity index (χ1) is 14.9. The van der Waals surface area contributed by atoms with Gasteiger partial charge in [0, 0.05) is 56.9 Å². The fourth-order valence-corrected chi connectivity index (χ4v) is 6.65. The van der Waals surface area contributed by atoms with E-state index in [2.05, 4.69) is 42.9 Å². The van der Waals surface area contributed by atoms with E-state index >= 15 is 0 Å². The van der Waals surface area contributed by atoms with E-state index in [1.54, 1.807) is 6.33 Å². The second-order valence-electron chi connectivity index (χ2n) is 9.23. The maximum Gasteiger partial charge on any atom is 0.150 e. The molecule has 3 fully saturated rings. The van der Waals surface area contributed by atoms with Crippen LogP contribution in [0.25, 0.3) is 10.9 Å². The van der Waals surface area contributed by atoms with Gasteiger partial charge in [-0.15, -0.1) is 0 Å². The zero-order valence-electron chi connectivity index (χ0n) is 17.9. The van der Waals surface area contributed by atoms with Crippen LogP contribution in [-0.4, -0.2) is 91.3 Å². The molecule has 31 heavy (non-hydrogen) atoms. The van der Waals surface area contributed by atoms with Gasteiger partial charge < -0.3 is 14.9 Å². The molecule has 3 aliphatic heterocycles. The average molecular weight is 446 g/mol. The smallest absolute Gasteiger partial charge is 0.150 e. The highest BCUT2D eigenvalue weighted by Gasteiger charge is 2.37. The molecule has 1 aromatic heterocycles. The minimum Gasteiger partial charge on any atom is -0.388 e. The SMILES string of the molecule is O=S1(=O)CCC(O)(CN2CCN(c3ccc4ncnc(N5CCCC5)c4c3)CC2)CC1. The standard InChI is InChI=1S/C22H31N5O3S/c28-22(5-13-31(29,30)14-6-22)16-25-9-11-26(12-10-25)18-3-4-20-19(15-18)21(24-17-23-20)27-7-1-2-8-27/h3-4,15,17,28H,1-2,5-14,16H2. The fraction of sp³-hybridized carbons (Fsp3) is 0.636. The Bertz CT molecular complexity index is 1030. The Morgan fingerprint density at radius 1 is 0.935 bits per heavy atom. The lowest BCUT2D eigenvalue weighted by molar-refractivity contribution is -0.00606. The highest BCUT2D eigenvalue weighted by Crippen LogP contribution is 2.30. The third kappa shape index (κ3) is 4.49. The van der Waals surface area contributed by atoms with Crippen LogP contribution in [0.15, 0.2) is 24.5 Å². The number of hydrogen-bond donors (Lipinski definition) is 1. The van der Waals surface area contributed by atoms with Crippen LogP contribution in [0.2, 0.25) is 0 Å². The van der Waals surface area contributed by atoms with E-state index in [0.29, 0.717) is 19.4 Å². The van der Waals surface area contributed by atoms with E-state index in [4.69, 9.17) is 0 Å². The van der Waals surface area contributed by atoms with Gasteiger partial charge in [0.05, 0.1) is 22.6 Å². The van der Waals surface area contributed by atoms with Gasteiger partial charge in [-0.3, -0.25) is 4.90 Å². The van der Waals surface area contributed by atoms with Crippen LogP contribution in [-0.2, 0) is 9.84 Å². The molecule has 168 valence electrons. The summed E-state index contributed by atoms with van der Waals surface area (Å²) in [5.41, 5.74) is 1.29. The van der Waals surface area contributed by atoms with Crippen LogP contribution >= 0.6 is 0 Å². The molecule has 9 heteroatoms. The Morgan fingerprint density at radius 2 is 1.65 bits per heavy atom. The van der Waals surface area contributed by atoms with Crippen LogP contribution in [0.5, 0.6) is 0 Å². The topological polar surface area (TPSA) is 89.9 Å². The summed E-state index contributed by atoms with van der Waals surface area (Å²) < 4.78 is 23.4. The van der Waals surface area contributed by atoms with E-state index in [1.807, 2.05) is 0 Å². The van der Waals surface area contributed by atoms with Gasteiger partial charge in [-0.1, -0.05) is 0 Å². The van der Waals surface area contributed by atoms with Crippen LogP contribution < -0.4 is 9.80 Å². The van der Waals surface area contributed by atoms with Gasteiger partial charge in [-0.25, -0.2) is 18.4 Å². The number of piperazine rings is 1. The normalized spacial score (nSPS) is 24.0. The molecule has 2 aromatic rings. The van der Waals surface area contributed by atoms with Gasteiger partial charge in [0.2, 0.25) is 0 Å². The summed E-state index contributed by atoms with van der Waals surface area (Å²) in [4.78, 5) is 16.1. The number of benzene rings is 1. The van der Waals surface area contributed by atoms with E-state index < -0.39 is 15.4 Å². The number of nitrogens with zero attached hydrogens (tertiary/aromatic N) is 5. The van der Waals surface area contributed by atoms with Gasteiger partial charge in [-0.2, -0.15) is 0 Å². The highest BCUT2D eigenvalue weighted by atomic mass is 32.2. The van der Waals surface area contributed by atoms with Crippen molar-refractivity contribution in [2.45, 2.75) is 31.3 Å². The Labute approximate surface area is 183 Å². The van der Waals surface area contributed by atoms with Gasteiger partial charge in [0.1, 0.15) is 12.1 Å². The van der Waals surface area contributed by atoms with Crippen molar-refractivity contribution in [1.82, 2.24) is 14.9 Å². The fourth-order valence-electron chi connectivity index (χ4n) is 5.07. The van der Waals surface area contributed by atoms with Crippen molar-refractivity contribution in [2.24, 2.45) is 0 Å². The van der Waals surface area contributed by atoms with Gasteiger partial charge in [0.25, 0.3) is 0 Å². The number of rotatable bonds is 4. The molecular formula is C22H31N5O3S. The third-order valence-electron chi connectivity index (χ3n) is 7.02. The Balaban J connectivity index is 1.26. The maximum absolute atomic E-state index is 11.7. The second-order valence-corrected chi connectivity index (χ2v) is 11.5. The molecule has 1 N–H and O–H groups in total. The number of hydrogen-bond acceptors (Lipinski definition) is 8. The Morgan fingerprint density at radius 3 is 2.35 bits per heavy atom. The molecule has 3 aliphatic rings. The molecule has 5 rings (SSSR count). The number of anilines is 2. The Kier molecular flexibility index (Phi) is 5.52. The van der Waals surface area contributed by atoms with Crippen molar-refractivity contribution in [3.8, 4) is 0 Å². The average Bonchev–Trinajstić information content (AvgIpc) is 3.31. The molecule has 0 amide bonds. The number of β-amino-alcohol motifs (C(OH)–C–C–N with tert-alkyl or cyclic N) is 1. The summed E-state index contributed by atoms with van der Waals surface area (Å²) in [6.45, 7) is 6.15. The Hall–Kier alpha value is -1.97. The van der Waals surface area contributed by atoms with E-state index in [-0.39, 0.29) is 11.5 Å². The molecule has 3 saturated heterocycles. The molecule has 0 saturated carbocycles. The summed E-state index contributed by atoms with van der Waals surface area (Å²) in [6, 6.07) is 6.44. The number of aliphatic hydroxyl groups is 1. The molecule has 0 atom stereocenters. The minimum absolute atomic E-state index is 0.0992. The van der Waals surface area contributed by atoms with Crippen molar-refractivity contribution in [2.75, 3.05) is 67.1 Å². The van der Waals surface area contributed by atoms with Gasteiger partial charge in [0.15, 0.2) is 9.84 Å². The zero-order chi connectivity index (χ0) is 21.5. The lowest BCUT2D eigenvalue weighted by Crippen LogP contribution is -2.54. The van der Waals surface area contributed by atoms with Gasteiger partial charge >= 0.3 is 0 Å².